The zero-order valence-corrected chi connectivity index (χ0v) is 16.6. The molecule has 1 fully saturated rings. The number of nitrogens with zero attached hydrogens (tertiary/aromatic N) is 1. The molecule has 6 heteroatoms. The highest BCUT2D eigenvalue weighted by atomic mass is 127. The van der Waals surface area contributed by atoms with Crippen molar-refractivity contribution < 1.29 is 0 Å². The fraction of sp³-hybridized carbons (Fsp3) is 0.929. The van der Waals surface area contributed by atoms with Crippen LogP contribution in [0.5, 0.6) is 0 Å². The summed E-state index contributed by atoms with van der Waals surface area (Å²) in [5, 5.41) is 11.2. The maximum absolute atomic E-state index is 4.30. The van der Waals surface area contributed by atoms with Crippen LogP contribution in [0, 0.1) is 0 Å². The van der Waals surface area contributed by atoms with Crippen molar-refractivity contribution in [2.45, 2.75) is 56.9 Å². The van der Waals surface area contributed by atoms with E-state index in [1.807, 2.05) is 18.8 Å². The summed E-state index contributed by atoms with van der Waals surface area (Å²) in [4.78, 5) is 4.30. The first-order valence-corrected chi connectivity index (χ1v) is 8.48. The quantitative estimate of drug-likeness (QED) is 0.280. The molecule has 1 aliphatic rings. The minimum Gasteiger partial charge on any atom is -0.355 e. The molecule has 0 heterocycles. The SMILES string of the molecule is CN=C(NCCNC(C)(C)C)NC1CCC(SC)C1.I. The number of hydrogen-bond acceptors (Lipinski definition) is 3. The molecule has 20 heavy (non-hydrogen) atoms. The predicted molar refractivity (Wildman–Crippen MR) is 103 cm³/mol. The molecule has 2 unspecified atom stereocenters. The molecule has 1 saturated carbocycles. The lowest BCUT2D eigenvalue weighted by Gasteiger charge is -2.22. The van der Waals surface area contributed by atoms with Gasteiger partial charge in [0.2, 0.25) is 0 Å². The van der Waals surface area contributed by atoms with Crippen molar-refractivity contribution in [3.63, 3.8) is 0 Å². The Morgan fingerprint density at radius 3 is 2.45 bits per heavy atom. The second kappa shape index (κ2) is 10.1. The number of thioether (sulfide) groups is 1. The lowest BCUT2D eigenvalue weighted by atomic mass is 10.1. The van der Waals surface area contributed by atoms with Crippen LogP contribution in [0.2, 0.25) is 0 Å². The van der Waals surface area contributed by atoms with Crippen molar-refractivity contribution in [3.8, 4) is 0 Å². The highest BCUT2D eigenvalue weighted by Crippen LogP contribution is 2.27. The number of aliphatic imine (C=N–C) groups is 1. The predicted octanol–water partition coefficient (Wildman–Crippen LogP) is 2.44. The molecule has 0 aromatic rings. The molecule has 0 aromatic carbocycles. The third-order valence-electron chi connectivity index (χ3n) is 3.36. The summed E-state index contributed by atoms with van der Waals surface area (Å²) >= 11 is 1.98. The highest BCUT2D eigenvalue weighted by molar-refractivity contribution is 14.0. The van der Waals surface area contributed by atoms with Crippen molar-refractivity contribution in [3.05, 3.63) is 0 Å². The van der Waals surface area contributed by atoms with Gasteiger partial charge in [0.15, 0.2) is 5.96 Å². The van der Waals surface area contributed by atoms with Gasteiger partial charge < -0.3 is 16.0 Å². The second-order valence-electron chi connectivity index (χ2n) is 6.19. The third kappa shape index (κ3) is 8.56. The molecule has 0 radical (unpaired) electrons. The van der Waals surface area contributed by atoms with E-state index >= 15 is 0 Å². The lowest BCUT2D eigenvalue weighted by Crippen LogP contribution is -2.46. The topological polar surface area (TPSA) is 48.5 Å². The van der Waals surface area contributed by atoms with Crippen molar-refractivity contribution in [2.24, 2.45) is 4.99 Å². The summed E-state index contributed by atoms with van der Waals surface area (Å²) < 4.78 is 0. The summed E-state index contributed by atoms with van der Waals surface area (Å²) in [5.41, 5.74) is 0.176. The maximum Gasteiger partial charge on any atom is 0.191 e. The van der Waals surface area contributed by atoms with Crippen LogP contribution < -0.4 is 16.0 Å². The number of hydrogen-bond donors (Lipinski definition) is 3. The minimum absolute atomic E-state index is 0. The van der Waals surface area contributed by atoms with E-state index in [-0.39, 0.29) is 29.5 Å². The van der Waals surface area contributed by atoms with Gasteiger partial charge in [0.25, 0.3) is 0 Å². The van der Waals surface area contributed by atoms with Crippen LogP contribution in [-0.2, 0) is 0 Å². The molecular weight excluding hydrogens is 383 g/mol. The molecule has 3 N–H and O–H groups in total. The summed E-state index contributed by atoms with van der Waals surface area (Å²) in [6.45, 7) is 8.39. The molecule has 0 spiro atoms. The van der Waals surface area contributed by atoms with Crippen molar-refractivity contribution >= 4 is 41.7 Å². The van der Waals surface area contributed by atoms with E-state index in [0.29, 0.717) is 6.04 Å². The van der Waals surface area contributed by atoms with E-state index < -0.39 is 0 Å². The summed E-state index contributed by atoms with van der Waals surface area (Å²) in [6, 6.07) is 0.583. The van der Waals surface area contributed by atoms with Gasteiger partial charge in [-0.15, -0.1) is 24.0 Å². The molecule has 0 aliphatic heterocycles. The molecule has 1 aliphatic carbocycles. The van der Waals surface area contributed by atoms with Crippen LogP contribution in [0.15, 0.2) is 4.99 Å². The van der Waals surface area contributed by atoms with Gasteiger partial charge in [0.1, 0.15) is 0 Å². The molecule has 1 rings (SSSR count). The molecule has 0 aromatic heterocycles. The zero-order valence-electron chi connectivity index (χ0n) is 13.5. The Hall–Kier alpha value is 0.310. The first-order chi connectivity index (χ1) is 8.94. The maximum atomic E-state index is 4.30. The Morgan fingerprint density at radius 1 is 1.25 bits per heavy atom. The number of guanidine groups is 1. The molecule has 120 valence electrons. The molecule has 2 atom stereocenters. The monoisotopic (exact) mass is 414 g/mol. The average Bonchev–Trinajstić information content (AvgIpc) is 2.79. The lowest BCUT2D eigenvalue weighted by molar-refractivity contribution is 0.428. The molecule has 0 saturated heterocycles. The fourth-order valence-corrected chi connectivity index (χ4v) is 3.09. The third-order valence-corrected chi connectivity index (χ3v) is 4.45. The number of halogens is 1. The number of nitrogens with one attached hydrogen (secondary N) is 3. The van der Waals surface area contributed by atoms with Crippen LogP contribution in [0.25, 0.3) is 0 Å². The van der Waals surface area contributed by atoms with Crippen LogP contribution in [0.1, 0.15) is 40.0 Å². The van der Waals surface area contributed by atoms with E-state index in [1.54, 1.807) is 0 Å². The van der Waals surface area contributed by atoms with E-state index in [9.17, 15) is 0 Å². The van der Waals surface area contributed by atoms with Crippen LogP contribution >= 0.6 is 35.7 Å². The van der Waals surface area contributed by atoms with Crippen LogP contribution in [0.3, 0.4) is 0 Å². The van der Waals surface area contributed by atoms with Gasteiger partial charge in [0.05, 0.1) is 0 Å². The van der Waals surface area contributed by atoms with Crippen molar-refractivity contribution in [1.82, 2.24) is 16.0 Å². The van der Waals surface area contributed by atoms with Gasteiger partial charge in [-0.3, -0.25) is 4.99 Å². The average molecular weight is 414 g/mol. The highest BCUT2D eigenvalue weighted by Gasteiger charge is 2.24. The van der Waals surface area contributed by atoms with Crippen LogP contribution in [-0.4, -0.2) is 49.2 Å². The Balaban J connectivity index is 0.00000361. The molecule has 4 nitrogen and oxygen atoms in total. The Morgan fingerprint density at radius 2 is 1.95 bits per heavy atom. The summed E-state index contributed by atoms with van der Waals surface area (Å²) in [7, 11) is 1.84. The summed E-state index contributed by atoms with van der Waals surface area (Å²) in [5.74, 6) is 0.933. The second-order valence-corrected chi connectivity index (χ2v) is 7.33. The molecule has 0 bridgehead atoms. The van der Waals surface area contributed by atoms with Gasteiger partial charge in [-0.1, -0.05) is 0 Å². The fourth-order valence-electron chi connectivity index (χ4n) is 2.29. The smallest absolute Gasteiger partial charge is 0.191 e. The Kier molecular flexibility index (Phi) is 10.3. The van der Waals surface area contributed by atoms with E-state index in [2.05, 4.69) is 48.0 Å². The molecular formula is C14H31IN4S. The largest absolute Gasteiger partial charge is 0.355 e. The van der Waals surface area contributed by atoms with Gasteiger partial charge in [0, 0.05) is 37.0 Å². The van der Waals surface area contributed by atoms with Crippen LogP contribution in [0.4, 0.5) is 0 Å². The molecule has 0 amide bonds. The minimum atomic E-state index is 0. The first kappa shape index (κ1) is 20.3. The van der Waals surface area contributed by atoms with Gasteiger partial charge >= 0.3 is 0 Å². The standard InChI is InChI=1S/C14H30N4S.HI/c1-14(2,3)17-9-8-16-13(15-4)18-11-6-7-12(10-11)19-5;/h11-12,17H,6-10H2,1-5H3,(H2,15,16,18);1H. The Bertz CT molecular complexity index is 291. The normalized spacial score (nSPS) is 23.4. The van der Waals surface area contributed by atoms with E-state index in [4.69, 9.17) is 0 Å². The van der Waals surface area contributed by atoms with E-state index in [0.717, 1.165) is 24.3 Å². The van der Waals surface area contributed by atoms with E-state index in [1.165, 1.54) is 19.3 Å². The Labute approximate surface area is 145 Å². The van der Waals surface area contributed by atoms with Gasteiger partial charge in [-0.2, -0.15) is 11.8 Å². The zero-order chi connectivity index (χ0) is 14.3. The number of rotatable bonds is 5. The van der Waals surface area contributed by atoms with Gasteiger partial charge in [-0.25, -0.2) is 0 Å². The first-order valence-electron chi connectivity index (χ1n) is 7.19. The van der Waals surface area contributed by atoms with Crippen molar-refractivity contribution in [2.75, 3.05) is 26.4 Å². The van der Waals surface area contributed by atoms with Crippen molar-refractivity contribution in [1.29, 1.82) is 0 Å². The van der Waals surface area contributed by atoms with Gasteiger partial charge in [-0.05, 0) is 46.3 Å². The summed E-state index contributed by atoms with van der Waals surface area (Å²) in [6.07, 6.45) is 6.04.